The summed E-state index contributed by atoms with van der Waals surface area (Å²) >= 11 is 0. The first-order chi connectivity index (χ1) is 12.2. The summed E-state index contributed by atoms with van der Waals surface area (Å²) in [5, 5.41) is 5.85. The molecular formula is C19H23N3O3. The lowest BCUT2D eigenvalue weighted by atomic mass is 9.95. The molecule has 4 N–H and O–H groups in total. The average Bonchev–Trinajstić information content (AvgIpc) is 3.12. The zero-order valence-corrected chi connectivity index (χ0v) is 14.1. The van der Waals surface area contributed by atoms with Gasteiger partial charge in [0.2, 0.25) is 0 Å². The number of nitrogens with two attached hydrogens (primary N) is 1. The van der Waals surface area contributed by atoms with Gasteiger partial charge in [-0.25, -0.2) is 0 Å². The van der Waals surface area contributed by atoms with E-state index in [2.05, 4.69) is 10.6 Å². The van der Waals surface area contributed by atoms with Crippen molar-refractivity contribution in [1.82, 2.24) is 5.32 Å². The van der Waals surface area contributed by atoms with Crippen molar-refractivity contribution < 1.29 is 14.0 Å². The van der Waals surface area contributed by atoms with Crippen LogP contribution in [-0.4, -0.2) is 17.9 Å². The fourth-order valence-corrected chi connectivity index (χ4v) is 3.03. The Hall–Kier alpha value is -2.60. The van der Waals surface area contributed by atoms with E-state index in [4.69, 9.17) is 10.2 Å². The molecule has 1 heterocycles. The van der Waals surface area contributed by atoms with Crippen LogP contribution in [0, 0.1) is 0 Å². The topological polar surface area (TPSA) is 97.4 Å². The molecule has 1 fully saturated rings. The monoisotopic (exact) mass is 341 g/mol. The number of amides is 2. The van der Waals surface area contributed by atoms with Crippen LogP contribution in [0.2, 0.25) is 0 Å². The molecule has 1 aliphatic rings. The van der Waals surface area contributed by atoms with Gasteiger partial charge in [0.15, 0.2) is 0 Å². The van der Waals surface area contributed by atoms with Crippen LogP contribution in [0.25, 0.3) is 0 Å². The molecule has 0 aliphatic heterocycles. The number of rotatable bonds is 5. The molecule has 2 amide bonds. The summed E-state index contributed by atoms with van der Waals surface area (Å²) in [4.78, 5) is 24.4. The van der Waals surface area contributed by atoms with Crippen LogP contribution in [0.3, 0.4) is 0 Å². The molecule has 0 bridgehead atoms. The van der Waals surface area contributed by atoms with Gasteiger partial charge in [0.05, 0.1) is 12.1 Å². The third-order valence-electron chi connectivity index (χ3n) is 4.46. The molecule has 0 radical (unpaired) electrons. The summed E-state index contributed by atoms with van der Waals surface area (Å²) in [5.41, 5.74) is 7.10. The Morgan fingerprint density at radius 1 is 1.04 bits per heavy atom. The van der Waals surface area contributed by atoms with Crippen molar-refractivity contribution >= 4 is 17.5 Å². The first-order valence-corrected chi connectivity index (χ1v) is 8.65. The smallest absolute Gasteiger partial charge is 0.258 e. The van der Waals surface area contributed by atoms with Crippen LogP contribution in [0.4, 0.5) is 5.69 Å². The Labute approximate surface area is 146 Å². The van der Waals surface area contributed by atoms with Gasteiger partial charge in [0.25, 0.3) is 11.8 Å². The van der Waals surface area contributed by atoms with Crippen LogP contribution >= 0.6 is 0 Å². The standard InChI is InChI=1S/C19H23N3O3/c20-11-17-10-14(12-25-17)19(24)22-16-8-6-13(7-9-16)18(23)21-15-4-2-1-3-5-15/h6-10,12,15H,1-5,11,20H2,(H,21,23)(H,22,24). The molecule has 6 nitrogen and oxygen atoms in total. The van der Waals surface area contributed by atoms with Gasteiger partial charge in [-0.3, -0.25) is 9.59 Å². The predicted molar refractivity (Wildman–Crippen MR) is 95.3 cm³/mol. The predicted octanol–water partition coefficient (Wildman–Crippen LogP) is 3.05. The van der Waals surface area contributed by atoms with Gasteiger partial charge in [0.1, 0.15) is 12.0 Å². The minimum absolute atomic E-state index is 0.0628. The summed E-state index contributed by atoms with van der Waals surface area (Å²) in [5.74, 6) is 0.218. The van der Waals surface area contributed by atoms with Crippen molar-refractivity contribution in [3.8, 4) is 0 Å². The molecular weight excluding hydrogens is 318 g/mol. The molecule has 2 aromatic rings. The van der Waals surface area contributed by atoms with Crippen molar-refractivity contribution in [2.24, 2.45) is 5.73 Å². The second-order valence-electron chi connectivity index (χ2n) is 6.35. The summed E-state index contributed by atoms with van der Waals surface area (Å²) in [7, 11) is 0. The molecule has 132 valence electrons. The van der Waals surface area contributed by atoms with E-state index >= 15 is 0 Å². The number of hydrogen-bond donors (Lipinski definition) is 3. The average molecular weight is 341 g/mol. The summed E-state index contributed by atoms with van der Waals surface area (Å²) in [6.45, 7) is 0.248. The van der Waals surface area contributed by atoms with Crippen LogP contribution in [0.5, 0.6) is 0 Å². The summed E-state index contributed by atoms with van der Waals surface area (Å²) in [6, 6.07) is 8.76. The molecule has 1 saturated carbocycles. The van der Waals surface area contributed by atoms with E-state index in [0.717, 1.165) is 12.8 Å². The van der Waals surface area contributed by atoms with Gasteiger partial charge < -0.3 is 20.8 Å². The molecule has 1 aliphatic carbocycles. The maximum absolute atomic E-state index is 12.3. The van der Waals surface area contributed by atoms with Gasteiger partial charge in [0, 0.05) is 17.3 Å². The summed E-state index contributed by atoms with van der Waals surface area (Å²) < 4.78 is 5.16. The molecule has 1 aromatic carbocycles. The second kappa shape index (κ2) is 7.98. The lowest BCUT2D eigenvalue weighted by Gasteiger charge is -2.22. The lowest BCUT2D eigenvalue weighted by Crippen LogP contribution is -2.36. The van der Waals surface area contributed by atoms with E-state index in [9.17, 15) is 9.59 Å². The number of carbonyl (C=O) groups excluding carboxylic acids is 2. The lowest BCUT2D eigenvalue weighted by molar-refractivity contribution is 0.0927. The van der Waals surface area contributed by atoms with E-state index in [-0.39, 0.29) is 24.4 Å². The highest BCUT2D eigenvalue weighted by molar-refractivity contribution is 6.04. The Morgan fingerprint density at radius 2 is 1.76 bits per heavy atom. The molecule has 1 aromatic heterocycles. The van der Waals surface area contributed by atoms with Crippen LogP contribution in [0.1, 0.15) is 58.6 Å². The highest BCUT2D eigenvalue weighted by Crippen LogP contribution is 2.18. The Bertz CT molecular complexity index is 731. The SMILES string of the molecule is NCc1cc(C(=O)Nc2ccc(C(=O)NC3CCCCC3)cc2)co1. The van der Waals surface area contributed by atoms with E-state index in [1.807, 2.05) is 0 Å². The molecule has 0 saturated heterocycles. The van der Waals surface area contributed by atoms with Crippen molar-refractivity contribution in [3.05, 3.63) is 53.5 Å². The van der Waals surface area contributed by atoms with Gasteiger partial charge in [-0.2, -0.15) is 0 Å². The van der Waals surface area contributed by atoms with E-state index in [1.54, 1.807) is 30.3 Å². The fraction of sp³-hybridized carbons (Fsp3) is 0.368. The fourth-order valence-electron chi connectivity index (χ4n) is 3.03. The Kier molecular flexibility index (Phi) is 5.50. The van der Waals surface area contributed by atoms with Gasteiger partial charge in [-0.15, -0.1) is 0 Å². The second-order valence-corrected chi connectivity index (χ2v) is 6.35. The molecule has 0 atom stereocenters. The molecule has 0 spiro atoms. The van der Waals surface area contributed by atoms with Crippen molar-refractivity contribution in [2.75, 3.05) is 5.32 Å². The van der Waals surface area contributed by atoms with Crippen LogP contribution < -0.4 is 16.4 Å². The zero-order chi connectivity index (χ0) is 17.6. The number of furan rings is 1. The molecule has 0 unspecified atom stereocenters. The minimum Gasteiger partial charge on any atom is -0.467 e. The van der Waals surface area contributed by atoms with E-state index < -0.39 is 0 Å². The third-order valence-corrected chi connectivity index (χ3v) is 4.46. The molecule has 25 heavy (non-hydrogen) atoms. The Morgan fingerprint density at radius 3 is 2.40 bits per heavy atom. The Balaban J connectivity index is 1.57. The highest BCUT2D eigenvalue weighted by atomic mass is 16.3. The maximum Gasteiger partial charge on any atom is 0.258 e. The third kappa shape index (κ3) is 4.48. The summed E-state index contributed by atoms with van der Waals surface area (Å²) in [6.07, 6.45) is 7.09. The van der Waals surface area contributed by atoms with Gasteiger partial charge >= 0.3 is 0 Å². The maximum atomic E-state index is 12.3. The first-order valence-electron chi connectivity index (χ1n) is 8.65. The van der Waals surface area contributed by atoms with Crippen LogP contribution in [0.15, 0.2) is 41.0 Å². The van der Waals surface area contributed by atoms with Crippen molar-refractivity contribution in [1.29, 1.82) is 0 Å². The highest BCUT2D eigenvalue weighted by Gasteiger charge is 2.16. The molecule has 3 rings (SSSR count). The van der Waals surface area contributed by atoms with Crippen LogP contribution in [-0.2, 0) is 6.54 Å². The number of anilines is 1. The normalized spacial score (nSPS) is 14.9. The largest absolute Gasteiger partial charge is 0.467 e. The van der Waals surface area contributed by atoms with Gasteiger partial charge in [-0.1, -0.05) is 19.3 Å². The van der Waals surface area contributed by atoms with E-state index in [1.165, 1.54) is 25.5 Å². The van der Waals surface area contributed by atoms with Crippen molar-refractivity contribution in [2.45, 2.75) is 44.7 Å². The number of carbonyl (C=O) groups is 2. The minimum atomic E-state index is -0.275. The number of nitrogens with one attached hydrogen (secondary N) is 2. The zero-order valence-electron chi connectivity index (χ0n) is 14.1. The van der Waals surface area contributed by atoms with E-state index in [0.29, 0.717) is 22.6 Å². The van der Waals surface area contributed by atoms with Crippen molar-refractivity contribution in [3.63, 3.8) is 0 Å². The number of hydrogen-bond acceptors (Lipinski definition) is 4. The quantitative estimate of drug-likeness (QED) is 0.778. The first kappa shape index (κ1) is 17.2. The van der Waals surface area contributed by atoms with Gasteiger partial charge in [-0.05, 0) is 43.2 Å². The molecule has 6 heteroatoms. The number of benzene rings is 1.